The second-order valence-corrected chi connectivity index (χ2v) is 2.45. The molecule has 0 saturated carbocycles. The van der Waals surface area contributed by atoms with Crippen LogP contribution in [0.15, 0.2) is 23.3 Å². The number of hydrogen-bond acceptors (Lipinski definition) is 4. The third-order valence-electron chi connectivity index (χ3n) is 1.60. The van der Waals surface area contributed by atoms with Crippen molar-refractivity contribution in [2.45, 2.75) is 0 Å². The normalized spacial score (nSPS) is 8.93. The Kier molecular flexibility index (Phi) is 2.93. The van der Waals surface area contributed by atoms with E-state index in [0.717, 1.165) is 0 Å². The fourth-order valence-corrected chi connectivity index (χ4v) is 0.960. The number of azide groups is 1. The molecule has 0 radical (unpaired) electrons. The smallest absolute Gasteiger partial charge is 0.339 e. The number of benzene rings is 1. The molecule has 0 aliphatic carbocycles. The Bertz CT molecular complexity index is 410. The Morgan fingerprint density at radius 3 is 2.86 bits per heavy atom. The topological polar surface area (TPSA) is 101 Å². The Morgan fingerprint density at radius 1 is 1.64 bits per heavy atom. The van der Waals surface area contributed by atoms with Gasteiger partial charge in [0.2, 0.25) is 0 Å². The summed E-state index contributed by atoms with van der Waals surface area (Å²) in [6.07, 6.45) is 0. The van der Waals surface area contributed by atoms with E-state index in [1.165, 1.54) is 25.3 Å². The highest BCUT2D eigenvalue weighted by Crippen LogP contribution is 2.20. The highest BCUT2D eigenvalue weighted by molar-refractivity contribution is 5.95. The number of esters is 1. The standard InChI is InChI=1S/C8H8N4O2/c1-14-8(13)6-3-2-5(11-12-10)4-7(6)9/h2-4H,9H2,1H3. The molecule has 0 heterocycles. The van der Waals surface area contributed by atoms with E-state index in [4.69, 9.17) is 11.3 Å². The van der Waals surface area contributed by atoms with Gasteiger partial charge in [-0.25, -0.2) is 4.79 Å². The first-order chi connectivity index (χ1) is 6.69. The first kappa shape index (κ1) is 9.88. The SMILES string of the molecule is COC(=O)c1ccc(N=[N+]=[N-])cc1N. The van der Waals surface area contributed by atoms with Gasteiger partial charge in [-0.15, -0.1) is 0 Å². The molecule has 6 heteroatoms. The quantitative estimate of drug-likeness (QED) is 0.255. The van der Waals surface area contributed by atoms with Gasteiger partial charge in [0.15, 0.2) is 0 Å². The molecule has 0 aliphatic heterocycles. The van der Waals surface area contributed by atoms with E-state index >= 15 is 0 Å². The number of ether oxygens (including phenoxy) is 1. The molecule has 0 fully saturated rings. The van der Waals surface area contributed by atoms with Crippen LogP contribution in [-0.4, -0.2) is 13.1 Å². The molecular formula is C8H8N4O2. The summed E-state index contributed by atoms with van der Waals surface area (Å²) in [5, 5.41) is 3.34. The van der Waals surface area contributed by atoms with E-state index in [1.807, 2.05) is 0 Å². The van der Waals surface area contributed by atoms with Crippen LogP contribution in [0.25, 0.3) is 10.4 Å². The molecule has 1 rings (SSSR count). The van der Waals surface area contributed by atoms with Crippen LogP contribution in [0.3, 0.4) is 0 Å². The zero-order valence-electron chi connectivity index (χ0n) is 7.47. The van der Waals surface area contributed by atoms with Gasteiger partial charge in [-0.2, -0.15) is 0 Å². The first-order valence-electron chi connectivity index (χ1n) is 3.72. The third-order valence-corrected chi connectivity index (χ3v) is 1.60. The van der Waals surface area contributed by atoms with Gasteiger partial charge in [-0.1, -0.05) is 11.2 Å². The zero-order valence-corrected chi connectivity index (χ0v) is 7.47. The Labute approximate surface area is 79.9 Å². The number of nitrogens with two attached hydrogens (primary N) is 1. The molecule has 72 valence electrons. The average Bonchev–Trinajstić information content (AvgIpc) is 2.17. The van der Waals surface area contributed by atoms with Gasteiger partial charge >= 0.3 is 5.97 Å². The van der Waals surface area contributed by atoms with Crippen molar-refractivity contribution >= 4 is 17.3 Å². The molecule has 0 saturated heterocycles. The van der Waals surface area contributed by atoms with E-state index in [9.17, 15) is 4.79 Å². The fraction of sp³-hybridized carbons (Fsp3) is 0.125. The van der Waals surface area contributed by atoms with Crippen molar-refractivity contribution in [3.05, 3.63) is 34.2 Å². The number of methoxy groups -OCH3 is 1. The molecular weight excluding hydrogens is 184 g/mol. The lowest BCUT2D eigenvalue weighted by Gasteiger charge is -2.03. The van der Waals surface area contributed by atoms with Crippen LogP contribution in [0.5, 0.6) is 0 Å². The van der Waals surface area contributed by atoms with Crippen LogP contribution in [0, 0.1) is 0 Å². The van der Waals surface area contributed by atoms with Gasteiger partial charge in [0.05, 0.1) is 12.7 Å². The minimum absolute atomic E-state index is 0.224. The third kappa shape index (κ3) is 1.94. The summed E-state index contributed by atoms with van der Waals surface area (Å²) < 4.78 is 4.49. The van der Waals surface area contributed by atoms with Crippen molar-refractivity contribution in [2.75, 3.05) is 12.8 Å². The Morgan fingerprint density at radius 2 is 2.36 bits per heavy atom. The lowest BCUT2D eigenvalue weighted by molar-refractivity contribution is 0.0602. The van der Waals surface area contributed by atoms with Gasteiger partial charge in [0.25, 0.3) is 0 Å². The maximum Gasteiger partial charge on any atom is 0.339 e. The van der Waals surface area contributed by atoms with E-state index < -0.39 is 5.97 Å². The van der Waals surface area contributed by atoms with Crippen molar-refractivity contribution in [3.8, 4) is 0 Å². The minimum Gasteiger partial charge on any atom is -0.465 e. The second kappa shape index (κ2) is 4.15. The summed E-state index contributed by atoms with van der Waals surface area (Å²) in [5.41, 5.74) is 14.5. The molecule has 1 aromatic carbocycles. The number of anilines is 1. The van der Waals surface area contributed by atoms with Crippen molar-refractivity contribution in [1.29, 1.82) is 0 Å². The molecule has 0 bridgehead atoms. The number of hydrogen-bond donors (Lipinski definition) is 1. The lowest BCUT2D eigenvalue weighted by Crippen LogP contribution is -2.04. The van der Waals surface area contributed by atoms with Gasteiger partial charge in [0.1, 0.15) is 0 Å². The van der Waals surface area contributed by atoms with E-state index in [-0.39, 0.29) is 11.3 Å². The fourth-order valence-electron chi connectivity index (χ4n) is 0.960. The molecule has 0 unspecified atom stereocenters. The lowest BCUT2D eigenvalue weighted by atomic mass is 10.1. The van der Waals surface area contributed by atoms with Crippen molar-refractivity contribution in [3.63, 3.8) is 0 Å². The molecule has 14 heavy (non-hydrogen) atoms. The minimum atomic E-state index is -0.519. The molecule has 0 amide bonds. The summed E-state index contributed by atoms with van der Waals surface area (Å²) in [6.45, 7) is 0. The molecule has 1 aromatic rings. The summed E-state index contributed by atoms with van der Waals surface area (Å²) >= 11 is 0. The van der Waals surface area contributed by atoms with Crippen LogP contribution >= 0.6 is 0 Å². The second-order valence-electron chi connectivity index (χ2n) is 2.45. The number of nitrogens with zero attached hydrogens (tertiary/aromatic N) is 3. The predicted octanol–water partition coefficient (Wildman–Crippen LogP) is 2.00. The van der Waals surface area contributed by atoms with Gasteiger partial charge in [0, 0.05) is 16.3 Å². The Balaban J connectivity index is 3.13. The van der Waals surface area contributed by atoms with Crippen LogP contribution in [0.4, 0.5) is 11.4 Å². The maximum atomic E-state index is 11.1. The summed E-state index contributed by atoms with van der Waals surface area (Å²) in [6, 6.07) is 4.35. The van der Waals surface area contributed by atoms with E-state index in [0.29, 0.717) is 5.69 Å². The molecule has 6 nitrogen and oxygen atoms in total. The molecule has 0 spiro atoms. The zero-order chi connectivity index (χ0) is 10.6. The van der Waals surface area contributed by atoms with Gasteiger partial charge in [-0.3, -0.25) is 0 Å². The largest absolute Gasteiger partial charge is 0.465 e. The number of rotatable bonds is 2. The monoisotopic (exact) mass is 192 g/mol. The van der Waals surface area contributed by atoms with E-state index in [2.05, 4.69) is 14.8 Å². The molecule has 0 aliphatic rings. The molecule has 0 aromatic heterocycles. The number of carbonyl (C=O) groups excluding carboxylic acids is 1. The highest BCUT2D eigenvalue weighted by atomic mass is 16.5. The average molecular weight is 192 g/mol. The van der Waals surface area contributed by atoms with Crippen LogP contribution in [-0.2, 0) is 4.74 Å². The van der Waals surface area contributed by atoms with Crippen LogP contribution in [0.2, 0.25) is 0 Å². The van der Waals surface area contributed by atoms with Gasteiger partial charge < -0.3 is 10.5 Å². The Hall–Kier alpha value is -2.20. The highest BCUT2D eigenvalue weighted by Gasteiger charge is 2.09. The molecule has 0 atom stereocenters. The van der Waals surface area contributed by atoms with Crippen molar-refractivity contribution in [1.82, 2.24) is 0 Å². The molecule has 2 N–H and O–H groups in total. The van der Waals surface area contributed by atoms with Crippen LogP contribution in [0.1, 0.15) is 10.4 Å². The predicted molar refractivity (Wildman–Crippen MR) is 51.0 cm³/mol. The summed E-state index contributed by atoms with van der Waals surface area (Å²) in [7, 11) is 1.27. The van der Waals surface area contributed by atoms with Crippen molar-refractivity contribution in [2.24, 2.45) is 5.11 Å². The first-order valence-corrected chi connectivity index (χ1v) is 3.72. The van der Waals surface area contributed by atoms with Crippen molar-refractivity contribution < 1.29 is 9.53 Å². The maximum absolute atomic E-state index is 11.1. The van der Waals surface area contributed by atoms with E-state index in [1.54, 1.807) is 0 Å². The van der Waals surface area contributed by atoms with Crippen LogP contribution < -0.4 is 5.73 Å². The van der Waals surface area contributed by atoms with Gasteiger partial charge in [-0.05, 0) is 17.7 Å². The number of nitrogen functional groups attached to an aromatic ring is 1. The summed E-state index contributed by atoms with van der Waals surface area (Å²) in [5.74, 6) is -0.519. The number of carbonyl (C=O) groups is 1. The summed E-state index contributed by atoms with van der Waals surface area (Å²) in [4.78, 5) is 13.7.